The van der Waals surface area contributed by atoms with Gasteiger partial charge in [-0.1, -0.05) is 24.9 Å². The molecule has 1 aromatic carbocycles. The van der Waals surface area contributed by atoms with Gasteiger partial charge in [0, 0.05) is 17.1 Å². The van der Waals surface area contributed by atoms with Crippen molar-refractivity contribution in [3.05, 3.63) is 28.8 Å². The second-order valence-corrected chi connectivity index (χ2v) is 5.97. The summed E-state index contributed by atoms with van der Waals surface area (Å²) >= 11 is 5.76. The first-order valence-electron chi connectivity index (χ1n) is 7.60. The highest BCUT2D eigenvalue weighted by molar-refractivity contribution is 6.31. The van der Waals surface area contributed by atoms with E-state index in [2.05, 4.69) is 0 Å². The van der Waals surface area contributed by atoms with E-state index < -0.39 is 29.7 Å². The number of halogens is 4. The highest BCUT2D eigenvalue weighted by Gasteiger charge is 2.39. The van der Waals surface area contributed by atoms with E-state index in [1.54, 1.807) is 0 Å². The molecule has 1 aromatic rings. The zero-order valence-electron chi connectivity index (χ0n) is 13.0. The average Bonchev–Trinajstić information content (AvgIpc) is 2.87. The smallest absolute Gasteiger partial charge is 0.416 e. The van der Waals surface area contributed by atoms with Crippen LogP contribution in [0, 0.1) is 0 Å². The van der Waals surface area contributed by atoms with E-state index in [-0.39, 0.29) is 30.2 Å². The number of amides is 1. The predicted octanol–water partition coefficient (Wildman–Crippen LogP) is 4.20. The quantitative estimate of drug-likeness (QED) is 0.582. The molecule has 0 aliphatic carbocycles. The van der Waals surface area contributed by atoms with Gasteiger partial charge in [0.1, 0.15) is 6.04 Å². The number of benzene rings is 1. The van der Waals surface area contributed by atoms with E-state index in [0.717, 1.165) is 23.5 Å². The average molecular weight is 364 g/mol. The summed E-state index contributed by atoms with van der Waals surface area (Å²) < 4.78 is 43.9. The number of rotatable bonds is 5. The lowest BCUT2D eigenvalue weighted by Crippen LogP contribution is -2.40. The second-order valence-electron chi connectivity index (χ2n) is 5.54. The summed E-state index contributed by atoms with van der Waals surface area (Å²) in [7, 11) is 0. The normalized spacial score (nSPS) is 18.1. The Balaban J connectivity index is 2.29. The van der Waals surface area contributed by atoms with Gasteiger partial charge in [-0.3, -0.25) is 9.69 Å². The first-order chi connectivity index (χ1) is 11.2. The van der Waals surface area contributed by atoms with Crippen LogP contribution in [0.5, 0.6) is 0 Å². The van der Waals surface area contributed by atoms with Crippen molar-refractivity contribution in [2.45, 2.75) is 44.8 Å². The lowest BCUT2D eigenvalue weighted by molar-refractivity contribution is -0.145. The molecule has 1 atom stereocenters. The van der Waals surface area contributed by atoms with Crippen molar-refractivity contribution >= 4 is 29.2 Å². The molecule has 1 saturated heterocycles. The minimum Gasteiger partial charge on any atom is -0.464 e. The molecule has 0 aromatic heterocycles. The van der Waals surface area contributed by atoms with Gasteiger partial charge in [-0.15, -0.1) is 0 Å². The van der Waals surface area contributed by atoms with E-state index in [4.69, 9.17) is 16.3 Å². The minimum absolute atomic E-state index is 0.0465. The predicted molar refractivity (Wildman–Crippen MR) is 82.8 cm³/mol. The molecular formula is C16H17ClF3NO3. The number of ether oxygens (including phenoxy) is 1. The molecule has 1 fully saturated rings. The van der Waals surface area contributed by atoms with E-state index >= 15 is 0 Å². The molecule has 1 amide bonds. The number of carbonyl (C=O) groups is 2. The lowest BCUT2D eigenvalue weighted by atomic mass is 10.1. The van der Waals surface area contributed by atoms with Crippen LogP contribution in [-0.4, -0.2) is 24.5 Å². The van der Waals surface area contributed by atoms with Gasteiger partial charge in [-0.2, -0.15) is 13.2 Å². The fraction of sp³-hybridized carbons (Fsp3) is 0.500. The third-order valence-corrected chi connectivity index (χ3v) is 3.93. The highest BCUT2D eigenvalue weighted by atomic mass is 35.5. The topological polar surface area (TPSA) is 46.6 Å². The van der Waals surface area contributed by atoms with E-state index in [1.165, 1.54) is 6.07 Å². The molecule has 0 bridgehead atoms. The van der Waals surface area contributed by atoms with Gasteiger partial charge >= 0.3 is 12.1 Å². The lowest BCUT2D eigenvalue weighted by Gasteiger charge is -2.24. The standard InChI is InChI=1S/C16H17ClF3NO3/c1-2-3-6-24-15(23)13-4-5-14(22)21(13)12-8-10(16(18,19)20)7-11(17)9-12/h7-9,13H,2-6H2,1H3. The van der Waals surface area contributed by atoms with Gasteiger partial charge < -0.3 is 4.74 Å². The molecule has 1 heterocycles. The molecule has 1 unspecified atom stereocenters. The highest BCUT2D eigenvalue weighted by Crippen LogP contribution is 2.36. The SMILES string of the molecule is CCCCOC(=O)C1CCC(=O)N1c1cc(Cl)cc(C(F)(F)F)c1. The van der Waals surface area contributed by atoms with E-state index in [1.807, 2.05) is 6.92 Å². The molecule has 1 aliphatic heterocycles. The third-order valence-electron chi connectivity index (χ3n) is 3.71. The Morgan fingerprint density at radius 3 is 2.71 bits per heavy atom. The number of nitrogens with zero attached hydrogens (tertiary/aromatic N) is 1. The molecular weight excluding hydrogens is 347 g/mol. The van der Waals surface area contributed by atoms with Gasteiger partial charge in [0.25, 0.3) is 0 Å². The van der Waals surface area contributed by atoms with Crippen LogP contribution in [0.2, 0.25) is 5.02 Å². The summed E-state index contributed by atoms with van der Waals surface area (Å²) in [5.41, 5.74) is -1.02. The van der Waals surface area contributed by atoms with Crippen molar-refractivity contribution in [2.24, 2.45) is 0 Å². The number of hydrogen-bond acceptors (Lipinski definition) is 3. The zero-order chi connectivity index (χ0) is 17.9. The van der Waals surface area contributed by atoms with Crippen LogP contribution in [0.3, 0.4) is 0 Å². The van der Waals surface area contributed by atoms with Gasteiger partial charge in [0.05, 0.1) is 12.2 Å². The summed E-state index contributed by atoms with van der Waals surface area (Å²) in [5.74, 6) is -1.04. The van der Waals surface area contributed by atoms with Crippen LogP contribution in [0.25, 0.3) is 0 Å². The molecule has 8 heteroatoms. The van der Waals surface area contributed by atoms with Gasteiger partial charge in [0.15, 0.2) is 0 Å². The molecule has 2 rings (SSSR count). The van der Waals surface area contributed by atoms with Crippen LogP contribution in [-0.2, 0) is 20.5 Å². The summed E-state index contributed by atoms with van der Waals surface area (Å²) in [5, 5.41) is -0.155. The molecule has 0 saturated carbocycles. The molecule has 1 aliphatic rings. The van der Waals surface area contributed by atoms with Crippen LogP contribution in [0.15, 0.2) is 18.2 Å². The molecule has 0 N–H and O–H groups in total. The summed E-state index contributed by atoms with van der Waals surface area (Å²) in [6, 6.07) is 1.92. The van der Waals surface area contributed by atoms with Crippen LogP contribution < -0.4 is 4.90 Å². The number of anilines is 1. The molecule has 0 radical (unpaired) electrons. The summed E-state index contributed by atoms with van der Waals surface area (Å²) in [6.45, 7) is 2.15. The summed E-state index contributed by atoms with van der Waals surface area (Å²) in [6.07, 6.45) is -2.80. The largest absolute Gasteiger partial charge is 0.464 e. The van der Waals surface area contributed by atoms with Crippen LogP contribution in [0.4, 0.5) is 18.9 Å². The first kappa shape index (κ1) is 18.6. The number of hydrogen-bond donors (Lipinski definition) is 0. The maximum absolute atomic E-state index is 12.9. The number of unbranched alkanes of at least 4 members (excludes halogenated alkanes) is 1. The second kappa shape index (κ2) is 7.42. The molecule has 24 heavy (non-hydrogen) atoms. The Hall–Kier alpha value is -1.76. The number of carbonyl (C=O) groups excluding carboxylic acids is 2. The monoisotopic (exact) mass is 363 g/mol. The molecule has 4 nitrogen and oxygen atoms in total. The van der Waals surface area contributed by atoms with Crippen molar-refractivity contribution in [1.82, 2.24) is 0 Å². The fourth-order valence-corrected chi connectivity index (χ4v) is 2.75. The Bertz CT molecular complexity index is 633. The van der Waals surface area contributed by atoms with E-state index in [9.17, 15) is 22.8 Å². The Morgan fingerprint density at radius 2 is 2.08 bits per heavy atom. The number of alkyl halides is 3. The maximum atomic E-state index is 12.9. The van der Waals surface area contributed by atoms with Gasteiger partial charge in [-0.05, 0) is 31.0 Å². The fourth-order valence-electron chi connectivity index (χ4n) is 2.52. The Morgan fingerprint density at radius 1 is 1.38 bits per heavy atom. The Kier molecular flexibility index (Phi) is 5.74. The van der Waals surface area contributed by atoms with Crippen LogP contribution in [0.1, 0.15) is 38.2 Å². The number of esters is 1. The third kappa shape index (κ3) is 4.20. The molecule has 0 spiro atoms. The van der Waals surface area contributed by atoms with Crippen molar-refractivity contribution in [1.29, 1.82) is 0 Å². The van der Waals surface area contributed by atoms with Crippen molar-refractivity contribution < 1.29 is 27.5 Å². The van der Waals surface area contributed by atoms with Crippen molar-refractivity contribution in [3.63, 3.8) is 0 Å². The summed E-state index contributed by atoms with van der Waals surface area (Å²) in [4.78, 5) is 25.3. The van der Waals surface area contributed by atoms with Crippen molar-refractivity contribution in [2.75, 3.05) is 11.5 Å². The Labute approximate surface area is 142 Å². The zero-order valence-corrected chi connectivity index (χ0v) is 13.8. The molecule has 132 valence electrons. The van der Waals surface area contributed by atoms with Crippen LogP contribution >= 0.6 is 11.6 Å². The van der Waals surface area contributed by atoms with Gasteiger partial charge in [0.2, 0.25) is 5.91 Å². The van der Waals surface area contributed by atoms with Gasteiger partial charge in [-0.25, -0.2) is 4.79 Å². The minimum atomic E-state index is -4.60. The van der Waals surface area contributed by atoms with E-state index in [0.29, 0.717) is 6.42 Å². The van der Waals surface area contributed by atoms with Crippen molar-refractivity contribution in [3.8, 4) is 0 Å². The first-order valence-corrected chi connectivity index (χ1v) is 7.98. The maximum Gasteiger partial charge on any atom is 0.416 e.